The summed E-state index contributed by atoms with van der Waals surface area (Å²) < 4.78 is 5.69. The Kier molecular flexibility index (Phi) is 3.68. The van der Waals surface area contributed by atoms with E-state index < -0.39 is 4.92 Å². The predicted molar refractivity (Wildman–Crippen MR) is 79.4 cm³/mol. The van der Waals surface area contributed by atoms with Crippen molar-refractivity contribution in [3.05, 3.63) is 57.6 Å². The lowest BCUT2D eigenvalue weighted by Gasteiger charge is -2.08. The van der Waals surface area contributed by atoms with Crippen LogP contribution in [0, 0.1) is 10.1 Å². The van der Waals surface area contributed by atoms with Crippen molar-refractivity contribution in [3.8, 4) is 11.5 Å². The Morgan fingerprint density at radius 2 is 1.91 bits per heavy atom. The number of isocyanates is 1. The van der Waals surface area contributed by atoms with Gasteiger partial charge in [-0.2, -0.15) is 4.99 Å². The molecule has 2 aromatic rings. The Hall–Kier alpha value is -2.98. The Labute approximate surface area is 126 Å². The minimum atomic E-state index is -0.556. The highest BCUT2D eigenvalue weighted by molar-refractivity contribution is 5.58. The molecule has 0 N–H and O–H groups in total. The molecule has 0 unspecified atom stereocenters. The van der Waals surface area contributed by atoms with Gasteiger partial charge in [-0.25, -0.2) is 4.79 Å². The Balaban J connectivity index is 1.94. The summed E-state index contributed by atoms with van der Waals surface area (Å²) in [6.45, 7) is 0. The summed E-state index contributed by atoms with van der Waals surface area (Å²) in [4.78, 5) is 24.1. The van der Waals surface area contributed by atoms with Crippen molar-refractivity contribution in [3.63, 3.8) is 0 Å². The molecule has 0 fully saturated rings. The molecule has 0 saturated heterocycles. The number of aliphatic imine (C=N–C) groups is 1. The van der Waals surface area contributed by atoms with Crippen molar-refractivity contribution < 1.29 is 14.5 Å². The van der Waals surface area contributed by atoms with Gasteiger partial charge < -0.3 is 4.74 Å². The monoisotopic (exact) mass is 296 g/mol. The van der Waals surface area contributed by atoms with Crippen LogP contribution in [0.1, 0.15) is 17.5 Å². The van der Waals surface area contributed by atoms with E-state index in [4.69, 9.17) is 4.74 Å². The molecule has 1 aliphatic rings. The first kappa shape index (κ1) is 14.0. The molecule has 2 aromatic carbocycles. The van der Waals surface area contributed by atoms with Crippen LogP contribution in [-0.4, -0.2) is 11.0 Å². The molecule has 22 heavy (non-hydrogen) atoms. The van der Waals surface area contributed by atoms with E-state index in [1.165, 1.54) is 35.4 Å². The van der Waals surface area contributed by atoms with Crippen LogP contribution < -0.4 is 4.74 Å². The summed E-state index contributed by atoms with van der Waals surface area (Å²) in [6.07, 6.45) is 4.59. The largest absolute Gasteiger partial charge is 0.457 e. The van der Waals surface area contributed by atoms with Crippen molar-refractivity contribution in [2.24, 2.45) is 4.99 Å². The summed E-state index contributed by atoms with van der Waals surface area (Å²) in [7, 11) is 0. The van der Waals surface area contributed by atoms with Crippen LogP contribution in [0.2, 0.25) is 0 Å². The number of benzene rings is 2. The SMILES string of the molecule is O=C=Nc1cc(Oc2ccc3c(c2)CCC3)cc([N+](=O)[O-])c1. The summed E-state index contributed by atoms with van der Waals surface area (Å²) in [5, 5.41) is 10.9. The highest BCUT2D eigenvalue weighted by Gasteiger charge is 2.14. The third kappa shape index (κ3) is 2.87. The number of aryl methyl sites for hydroxylation is 2. The first-order chi connectivity index (χ1) is 10.7. The minimum Gasteiger partial charge on any atom is -0.457 e. The van der Waals surface area contributed by atoms with E-state index in [9.17, 15) is 14.9 Å². The Bertz CT molecular complexity index is 774. The van der Waals surface area contributed by atoms with Gasteiger partial charge in [-0.05, 0) is 42.5 Å². The van der Waals surface area contributed by atoms with E-state index >= 15 is 0 Å². The van der Waals surface area contributed by atoms with Gasteiger partial charge >= 0.3 is 0 Å². The second kappa shape index (κ2) is 5.79. The average molecular weight is 296 g/mol. The molecule has 0 amide bonds. The van der Waals surface area contributed by atoms with Crippen LogP contribution >= 0.6 is 0 Å². The molecule has 0 spiro atoms. The quantitative estimate of drug-likeness (QED) is 0.371. The fourth-order valence-corrected chi connectivity index (χ4v) is 2.60. The van der Waals surface area contributed by atoms with E-state index in [0.717, 1.165) is 19.3 Å². The second-order valence-electron chi connectivity index (χ2n) is 5.03. The molecule has 1 aliphatic carbocycles. The molecule has 0 aromatic heterocycles. The van der Waals surface area contributed by atoms with Crippen LogP contribution in [0.25, 0.3) is 0 Å². The lowest BCUT2D eigenvalue weighted by Crippen LogP contribution is -1.91. The summed E-state index contributed by atoms with van der Waals surface area (Å²) in [5.41, 5.74) is 2.51. The molecule has 0 aliphatic heterocycles. The van der Waals surface area contributed by atoms with Gasteiger partial charge in [-0.1, -0.05) is 6.07 Å². The number of nitrogens with zero attached hydrogens (tertiary/aromatic N) is 2. The van der Waals surface area contributed by atoms with Crippen molar-refractivity contribution in [1.29, 1.82) is 0 Å². The number of hydrogen-bond acceptors (Lipinski definition) is 5. The standard InChI is InChI=1S/C16H12N2O4/c19-10-17-13-7-14(18(20)21)9-16(8-13)22-15-5-4-11-2-1-3-12(11)6-15/h4-9H,1-3H2. The zero-order chi connectivity index (χ0) is 15.5. The molecule has 0 bridgehead atoms. The number of carbonyl (C=O) groups excluding carboxylic acids is 1. The van der Waals surface area contributed by atoms with Gasteiger partial charge in [0.15, 0.2) is 0 Å². The molecule has 0 heterocycles. The highest BCUT2D eigenvalue weighted by Crippen LogP contribution is 2.33. The zero-order valence-corrected chi connectivity index (χ0v) is 11.6. The van der Waals surface area contributed by atoms with E-state index in [1.54, 1.807) is 0 Å². The summed E-state index contributed by atoms with van der Waals surface area (Å²) in [6, 6.07) is 9.76. The first-order valence-corrected chi connectivity index (χ1v) is 6.83. The van der Waals surface area contributed by atoms with Gasteiger partial charge in [0.25, 0.3) is 5.69 Å². The minimum absolute atomic E-state index is 0.139. The molecule has 110 valence electrons. The fourth-order valence-electron chi connectivity index (χ4n) is 2.60. The second-order valence-corrected chi connectivity index (χ2v) is 5.03. The van der Waals surface area contributed by atoms with Gasteiger partial charge in [0, 0.05) is 12.1 Å². The summed E-state index contributed by atoms with van der Waals surface area (Å²) in [5.74, 6) is 0.878. The van der Waals surface area contributed by atoms with Gasteiger partial charge in [0.2, 0.25) is 6.08 Å². The van der Waals surface area contributed by atoms with E-state index in [0.29, 0.717) is 5.75 Å². The summed E-state index contributed by atoms with van der Waals surface area (Å²) >= 11 is 0. The number of hydrogen-bond donors (Lipinski definition) is 0. The van der Waals surface area contributed by atoms with E-state index in [1.807, 2.05) is 18.2 Å². The molecule has 6 nitrogen and oxygen atoms in total. The number of non-ortho nitro benzene ring substituents is 1. The lowest BCUT2D eigenvalue weighted by molar-refractivity contribution is -0.384. The van der Waals surface area contributed by atoms with Crippen LogP contribution in [-0.2, 0) is 17.6 Å². The lowest BCUT2D eigenvalue weighted by atomic mass is 10.1. The third-order valence-corrected chi connectivity index (χ3v) is 3.57. The van der Waals surface area contributed by atoms with Crippen LogP contribution in [0.3, 0.4) is 0 Å². The van der Waals surface area contributed by atoms with Gasteiger partial charge in [0.1, 0.15) is 11.5 Å². The van der Waals surface area contributed by atoms with Gasteiger partial charge in [-0.15, -0.1) is 0 Å². The smallest absolute Gasteiger partial charge is 0.275 e. The molecule has 0 atom stereocenters. The van der Waals surface area contributed by atoms with Gasteiger partial charge in [-0.3, -0.25) is 10.1 Å². The Morgan fingerprint density at radius 1 is 1.09 bits per heavy atom. The molecule has 0 saturated carbocycles. The van der Waals surface area contributed by atoms with Crippen molar-refractivity contribution in [2.75, 3.05) is 0 Å². The molecule has 6 heteroatoms. The molecule has 0 radical (unpaired) electrons. The van der Waals surface area contributed by atoms with Crippen molar-refractivity contribution in [2.45, 2.75) is 19.3 Å². The topological polar surface area (TPSA) is 81.8 Å². The molecular formula is C16H12N2O4. The number of fused-ring (bicyclic) bond motifs is 1. The normalized spacial score (nSPS) is 12.4. The number of nitro benzene ring substituents is 1. The number of ether oxygens (including phenoxy) is 1. The zero-order valence-electron chi connectivity index (χ0n) is 11.6. The van der Waals surface area contributed by atoms with Crippen molar-refractivity contribution >= 4 is 17.5 Å². The highest BCUT2D eigenvalue weighted by atomic mass is 16.6. The third-order valence-electron chi connectivity index (χ3n) is 3.57. The molecule has 3 rings (SSSR count). The van der Waals surface area contributed by atoms with Crippen LogP contribution in [0.5, 0.6) is 11.5 Å². The molecular weight excluding hydrogens is 284 g/mol. The first-order valence-electron chi connectivity index (χ1n) is 6.83. The Morgan fingerprint density at radius 3 is 2.68 bits per heavy atom. The van der Waals surface area contributed by atoms with Crippen LogP contribution in [0.15, 0.2) is 41.4 Å². The van der Waals surface area contributed by atoms with Crippen molar-refractivity contribution in [1.82, 2.24) is 0 Å². The van der Waals surface area contributed by atoms with E-state index in [2.05, 4.69) is 4.99 Å². The maximum absolute atomic E-state index is 10.9. The maximum atomic E-state index is 10.9. The van der Waals surface area contributed by atoms with E-state index in [-0.39, 0.29) is 17.1 Å². The number of rotatable bonds is 4. The number of nitro groups is 1. The predicted octanol–water partition coefficient (Wildman–Crippen LogP) is 3.84. The fraction of sp³-hybridized carbons (Fsp3) is 0.188. The van der Waals surface area contributed by atoms with Crippen LogP contribution in [0.4, 0.5) is 11.4 Å². The van der Waals surface area contributed by atoms with Gasteiger partial charge in [0.05, 0.1) is 16.7 Å². The average Bonchev–Trinajstić information content (AvgIpc) is 2.95. The maximum Gasteiger partial charge on any atom is 0.275 e.